The zero-order valence-corrected chi connectivity index (χ0v) is 17.8. The molecule has 4 nitrogen and oxygen atoms in total. The van der Waals surface area contributed by atoms with Gasteiger partial charge in [-0.05, 0) is 37.5 Å². The predicted octanol–water partition coefficient (Wildman–Crippen LogP) is 5.57. The Morgan fingerprint density at radius 3 is 2.72 bits per heavy atom. The molecule has 1 atom stereocenters. The fraction of sp³-hybridized carbons (Fsp3) is 0.500. The molecule has 1 aliphatic carbocycles. The highest BCUT2D eigenvalue weighted by Gasteiger charge is 2.34. The third kappa shape index (κ3) is 4.55. The van der Waals surface area contributed by atoms with Gasteiger partial charge in [-0.3, -0.25) is 9.69 Å². The van der Waals surface area contributed by atoms with Crippen LogP contribution in [0.2, 0.25) is 0 Å². The molecule has 0 radical (unpaired) electrons. The van der Waals surface area contributed by atoms with Crippen LogP contribution in [0.25, 0.3) is 0 Å². The SMILES string of the molecule is CC(=O)N(c1nc(CN2CCC(C)Sc3ccc(C(F)(F)F)cc32)cs1)C1CC1. The molecule has 0 saturated heterocycles. The summed E-state index contributed by atoms with van der Waals surface area (Å²) in [4.78, 5) is 21.2. The van der Waals surface area contributed by atoms with E-state index in [1.807, 2.05) is 10.3 Å². The molecule has 2 aromatic rings. The summed E-state index contributed by atoms with van der Waals surface area (Å²) in [6, 6.07) is 4.22. The van der Waals surface area contributed by atoms with E-state index in [0.29, 0.717) is 29.2 Å². The maximum Gasteiger partial charge on any atom is 0.416 e. The number of carbonyl (C=O) groups excluding carboxylic acids is 1. The number of benzene rings is 1. The monoisotopic (exact) mass is 441 g/mol. The Morgan fingerprint density at radius 1 is 1.31 bits per heavy atom. The first-order valence-electron chi connectivity index (χ1n) is 9.59. The predicted molar refractivity (Wildman–Crippen MR) is 111 cm³/mol. The van der Waals surface area contributed by atoms with E-state index in [2.05, 4.69) is 11.9 Å². The lowest BCUT2D eigenvalue weighted by Crippen LogP contribution is -2.30. The van der Waals surface area contributed by atoms with Crippen LogP contribution in [0, 0.1) is 0 Å². The first-order valence-corrected chi connectivity index (χ1v) is 11.4. The molecule has 1 aromatic carbocycles. The van der Waals surface area contributed by atoms with Crippen molar-refractivity contribution in [2.75, 3.05) is 16.3 Å². The zero-order chi connectivity index (χ0) is 20.8. The van der Waals surface area contributed by atoms with Gasteiger partial charge in [-0.1, -0.05) is 6.92 Å². The second kappa shape index (κ2) is 7.83. The van der Waals surface area contributed by atoms with Crippen LogP contribution < -0.4 is 9.80 Å². The molecule has 0 bridgehead atoms. The van der Waals surface area contributed by atoms with E-state index in [1.165, 1.54) is 17.4 Å². The second-order valence-corrected chi connectivity index (χ2v) is 9.88. The van der Waals surface area contributed by atoms with Crippen LogP contribution in [0.3, 0.4) is 0 Å². The molecule has 1 fully saturated rings. The van der Waals surface area contributed by atoms with E-state index < -0.39 is 11.7 Å². The van der Waals surface area contributed by atoms with Crippen molar-refractivity contribution >= 4 is 39.8 Å². The number of nitrogens with zero attached hydrogens (tertiary/aromatic N) is 3. The van der Waals surface area contributed by atoms with Crippen molar-refractivity contribution in [1.82, 2.24) is 4.98 Å². The summed E-state index contributed by atoms with van der Waals surface area (Å²) in [5, 5.41) is 2.91. The summed E-state index contributed by atoms with van der Waals surface area (Å²) in [6.07, 6.45) is -1.52. The van der Waals surface area contributed by atoms with Gasteiger partial charge in [0.25, 0.3) is 0 Å². The van der Waals surface area contributed by atoms with Crippen LogP contribution in [0.4, 0.5) is 24.0 Å². The number of hydrogen-bond acceptors (Lipinski definition) is 5. The zero-order valence-electron chi connectivity index (χ0n) is 16.2. The number of halogens is 3. The van der Waals surface area contributed by atoms with Crippen molar-refractivity contribution in [2.45, 2.75) is 62.0 Å². The molecule has 9 heteroatoms. The average Bonchev–Trinajstić information content (AvgIpc) is 3.38. The largest absolute Gasteiger partial charge is 0.416 e. The summed E-state index contributed by atoms with van der Waals surface area (Å²) < 4.78 is 39.8. The number of carbonyl (C=O) groups is 1. The van der Waals surface area contributed by atoms with Gasteiger partial charge in [-0.2, -0.15) is 13.2 Å². The third-order valence-electron chi connectivity index (χ3n) is 5.11. The molecule has 2 aliphatic rings. The Morgan fingerprint density at radius 2 is 2.07 bits per heavy atom. The number of fused-ring (bicyclic) bond motifs is 1. The van der Waals surface area contributed by atoms with Crippen molar-refractivity contribution in [3.63, 3.8) is 0 Å². The van der Waals surface area contributed by atoms with Crippen LogP contribution in [0.1, 0.15) is 44.4 Å². The van der Waals surface area contributed by atoms with Gasteiger partial charge >= 0.3 is 6.18 Å². The Bertz CT molecular complexity index is 911. The van der Waals surface area contributed by atoms with E-state index in [1.54, 1.807) is 29.7 Å². The first kappa shape index (κ1) is 20.5. The van der Waals surface area contributed by atoms with Crippen LogP contribution >= 0.6 is 23.1 Å². The molecule has 1 saturated carbocycles. The quantitative estimate of drug-likeness (QED) is 0.622. The van der Waals surface area contributed by atoms with Crippen LogP contribution in [0.15, 0.2) is 28.5 Å². The van der Waals surface area contributed by atoms with E-state index in [0.717, 1.165) is 35.9 Å². The minimum atomic E-state index is -4.37. The smallest absolute Gasteiger partial charge is 0.365 e. The minimum absolute atomic E-state index is 0.0199. The fourth-order valence-corrected chi connectivity index (χ4v) is 5.54. The molecule has 2 heterocycles. The van der Waals surface area contributed by atoms with Crippen molar-refractivity contribution < 1.29 is 18.0 Å². The number of rotatable bonds is 4. The molecule has 1 aliphatic heterocycles. The first-order chi connectivity index (χ1) is 13.7. The van der Waals surface area contributed by atoms with E-state index in [-0.39, 0.29) is 11.9 Å². The fourth-order valence-electron chi connectivity index (χ4n) is 3.49. The molecular formula is C20H22F3N3OS2. The van der Waals surface area contributed by atoms with Crippen molar-refractivity contribution in [1.29, 1.82) is 0 Å². The number of alkyl halides is 3. The lowest BCUT2D eigenvalue weighted by Gasteiger charge is -2.25. The standard InChI is InChI=1S/C20H22F3N3OS2/c1-12-7-8-25(17-9-14(20(21,22)23)3-6-18(17)29-12)10-15-11-28-19(24-15)26(13(2)27)16-4-5-16/h3,6,9,11-12,16H,4-5,7-8,10H2,1-2H3. The highest BCUT2D eigenvalue weighted by molar-refractivity contribution is 8.00. The van der Waals surface area contributed by atoms with Crippen LogP contribution in [-0.4, -0.2) is 28.7 Å². The number of thioether (sulfide) groups is 1. The number of anilines is 2. The lowest BCUT2D eigenvalue weighted by atomic mass is 10.1. The molecule has 0 spiro atoms. The van der Waals surface area contributed by atoms with E-state index in [4.69, 9.17) is 0 Å². The molecular weight excluding hydrogens is 419 g/mol. The lowest BCUT2D eigenvalue weighted by molar-refractivity contribution is -0.137. The van der Waals surface area contributed by atoms with Crippen LogP contribution in [0.5, 0.6) is 0 Å². The van der Waals surface area contributed by atoms with Gasteiger partial charge in [-0.25, -0.2) is 4.98 Å². The summed E-state index contributed by atoms with van der Waals surface area (Å²) in [5.41, 5.74) is 0.751. The van der Waals surface area contributed by atoms with Gasteiger partial charge in [0.2, 0.25) is 5.91 Å². The summed E-state index contributed by atoms with van der Waals surface area (Å²) in [7, 11) is 0. The van der Waals surface area contributed by atoms with Crippen molar-refractivity contribution in [2.24, 2.45) is 0 Å². The van der Waals surface area contributed by atoms with Crippen LogP contribution in [-0.2, 0) is 17.5 Å². The number of amides is 1. The Labute approximate surface area is 176 Å². The van der Waals surface area contributed by atoms with E-state index >= 15 is 0 Å². The molecule has 0 N–H and O–H groups in total. The van der Waals surface area contributed by atoms with Gasteiger partial charge in [0.05, 0.1) is 23.5 Å². The highest BCUT2D eigenvalue weighted by atomic mass is 32.2. The maximum atomic E-state index is 13.3. The van der Waals surface area contributed by atoms with Crippen molar-refractivity contribution in [3.05, 3.63) is 34.8 Å². The molecule has 29 heavy (non-hydrogen) atoms. The second-order valence-electron chi connectivity index (χ2n) is 7.56. The summed E-state index contributed by atoms with van der Waals surface area (Å²) >= 11 is 3.03. The average molecular weight is 442 g/mol. The number of hydrogen-bond donors (Lipinski definition) is 0. The molecule has 1 unspecified atom stereocenters. The number of aromatic nitrogens is 1. The summed E-state index contributed by atoms with van der Waals surface area (Å²) in [5.74, 6) is -0.0199. The van der Waals surface area contributed by atoms with Gasteiger partial charge < -0.3 is 4.90 Å². The van der Waals surface area contributed by atoms with Crippen molar-refractivity contribution in [3.8, 4) is 0 Å². The highest BCUT2D eigenvalue weighted by Crippen LogP contribution is 2.42. The third-order valence-corrected chi connectivity index (χ3v) is 7.24. The Balaban J connectivity index is 1.61. The van der Waals surface area contributed by atoms with E-state index in [9.17, 15) is 18.0 Å². The molecule has 156 valence electrons. The van der Waals surface area contributed by atoms with Gasteiger partial charge in [0.1, 0.15) is 0 Å². The summed E-state index contributed by atoms with van der Waals surface area (Å²) in [6.45, 7) is 4.72. The maximum absolute atomic E-state index is 13.3. The number of thiazole rings is 1. The minimum Gasteiger partial charge on any atom is -0.365 e. The Hall–Kier alpha value is -1.74. The molecule has 1 aromatic heterocycles. The van der Waals surface area contributed by atoms with Gasteiger partial charge in [-0.15, -0.1) is 23.1 Å². The van der Waals surface area contributed by atoms with Gasteiger partial charge in [0.15, 0.2) is 5.13 Å². The topological polar surface area (TPSA) is 36.4 Å². The molecule has 1 amide bonds. The van der Waals surface area contributed by atoms with Gasteiger partial charge in [0, 0.05) is 35.0 Å². The Kier molecular flexibility index (Phi) is 5.54. The molecule has 4 rings (SSSR count). The normalized spacial score (nSPS) is 19.6.